The van der Waals surface area contributed by atoms with Crippen molar-refractivity contribution in [2.75, 3.05) is 25.2 Å². The molecule has 1 aliphatic heterocycles. The van der Waals surface area contributed by atoms with Crippen LogP contribution in [0.25, 0.3) is 0 Å². The average molecular weight is 339 g/mol. The number of anilines is 1. The quantitative estimate of drug-likeness (QED) is 0.891. The van der Waals surface area contributed by atoms with Crippen molar-refractivity contribution < 1.29 is 4.74 Å². The van der Waals surface area contributed by atoms with Crippen LogP contribution < -0.4 is 10.2 Å². The Hall–Kier alpha value is -0.580. The molecule has 0 atom stereocenters. The van der Waals surface area contributed by atoms with E-state index in [-0.39, 0.29) is 0 Å². The molecule has 110 valence electrons. The van der Waals surface area contributed by atoms with E-state index in [1.807, 2.05) is 0 Å². The second kappa shape index (κ2) is 6.46. The van der Waals surface area contributed by atoms with E-state index in [0.717, 1.165) is 43.1 Å². The molecule has 0 bridgehead atoms. The molecular formula is C16H23BrN2O. The van der Waals surface area contributed by atoms with Gasteiger partial charge < -0.3 is 15.0 Å². The SMILES string of the molecule is CN(c1ccc(Br)cc1CNC1CC1)C1CCOCC1. The lowest BCUT2D eigenvalue weighted by Gasteiger charge is -2.34. The summed E-state index contributed by atoms with van der Waals surface area (Å²) in [5.41, 5.74) is 2.74. The Bertz CT molecular complexity index is 456. The van der Waals surface area contributed by atoms with Gasteiger partial charge in [0.25, 0.3) is 0 Å². The van der Waals surface area contributed by atoms with Crippen LogP contribution in [0.15, 0.2) is 22.7 Å². The monoisotopic (exact) mass is 338 g/mol. The van der Waals surface area contributed by atoms with Crippen molar-refractivity contribution in [3.05, 3.63) is 28.2 Å². The first-order chi connectivity index (χ1) is 9.74. The highest BCUT2D eigenvalue weighted by Gasteiger charge is 2.23. The Kier molecular flexibility index (Phi) is 4.64. The van der Waals surface area contributed by atoms with Gasteiger partial charge in [0, 0.05) is 49.0 Å². The van der Waals surface area contributed by atoms with Crippen molar-refractivity contribution in [2.24, 2.45) is 0 Å². The minimum absolute atomic E-state index is 0.601. The summed E-state index contributed by atoms with van der Waals surface area (Å²) >= 11 is 3.60. The summed E-state index contributed by atoms with van der Waals surface area (Å²) in [6.07, 6.45) is 4.92. The van der Waals surface area contributed by atoms with Gasteiger partial charge in [-0.2, -0.15) is 0 Å². The highest BCUT2D eigenvalue weighted by Crippen LogP contribution is 2.29. The van der Waals surface area contributed by atoms with Gasteiger partial charge in [0.1, 0.15) is 0 Å². The summed E-state index contributed by atoms with van der Waals surface area (Å²) in [6.45, 7) is 2.75. The molecule has 1 N–H and O–H groups in total. The van der Waals surface area contributed by atoms with Crippen molar-refractivity contribution in [3.8, 4) is 0 Å². The van der Waals surface area contributed by atoms with Crippen molar-refractivity contribution in [1.29, 1.82) is 0 Å². The van der Waals surface area contributed by atoms with Gasteiger partial charge in [-0.1, -0.05) is 15.9 Å². The Labute approximate surface area is 129 Å². The summed E-state index contributed by atoms with van der Waals surface area (Å²) in [5.74, 6) is 0. The molecule has 3 nitrogen and oxygen atoms in total. The number of nitrogens with one attached hydrogen (secondary N) is 1. The van der Waals surface area contributed by atoms with Crippen LogP contribution in [0.2, 0.25) is 0 Å². The number of benzene rings is 1. The number of halogens is 1. The Balaban J connectivity index is 1.75. The Morgan fingerprint density at radius 2 is 2.00 bits per heavy atom. The van der Waals surface area contributed by atoms with Crippen LogP contribution >= 0.6 is 15.9 Å². The molecule has 20 heavy (non-hydrogen) atoms. The highest BCUT2D eigenvalue weighted by molar-refractivity contribution is 9.10. The molecular weight excluding hydrogens is 316 g/mol. The molecule has 4 heteroatoms. The largest absolute Gasteiger partial charge is 0.381 e. The van der Waals surface area contributed by atoms with E-state index in [1.54, 1.807) is 0 Å². The average Bonchev–Trinajstić information content (AvgIpc) is 3.30. The lowest BCUT2D eigenvalue weighted by Crippen LogP contribution is -2.37. The summed E-state index contributed by atoms with van der Waals surface area (Å²) in [7, 11) is 2.22. The lowest BCUT2D eigenvalue weighted by molar-refractivity contribution is 0.0854. The first kappa shape index (κ1) is 14.4. The fourth-order valence-electron chi connectivity index (χ4n) is 2.85. The van der Waals surface area contributed by atoms with Gasteiger partial charge in [0.2, 0.25) is 0 Å². The summed E-state index contributed by atoms with van der Waals surface area (Å²) in [4.78, 5) is 2.44. The molecule has 1 aliphatic carbocycles. The van der Waals surface area contributed by atoms with Gasteiger partial charge >= 0.3 is 0 Å². The molecule has 1 aromatic carbocycles. The normalized spacial score (nSPS) is 20.1. The third-order valence-electron chi connectivity index (χ3n) is 4.32. The highest BCUT2D eigenvalue weighted by atomic mass is 79.9. The van der Waals surface area contributed by atoms with E-state index in [1.165, 1.54) is 24.1 Å². The molecule has 0 unspecified atom stereocenters. The van der Waals surface area contributed by atoms with Gasteiger partial charge in [-0.25, -0.2) is 0 Å². The predicted molar refractivity (Wildman–Crippen MR) is 86.2 cm³/mol. The van der Waals surface area contributed by atoms with Gasteiger partial charge in [0.05, 0.1) is 0 Å². The topological polar surface area (TPSA) is 24.5 Å². The second-order valence-corrected chi connectivity index (χ2v) is 6.80. The Morgan fingerprint density at radius 1 is 1.25 bits per heavy atom. The first-order valence-corrected chi connectivity index (χ1v) is 8.36. The third-order valence-corrected chi connectivity index (χ3v) is 4.81. The van der Waals surface area contributed by atoms with Crippen LogP contribution in [0.3, 0.4) is 0 Å². The van der Waals surface area contributed by atoms with Crippen molar-refractivity contribution in [3.63, 3.8) is 0 Å². The maximum atomic E-state index is 5.48. The zero-order chi connectivity index (χ0) is 13.9. The van der Waals surface area contributed by atoms with Gasteiger partial charge in [-0.05, 0) is 49.4 Å². The van der Waals surface area contributed by atoms with Gasteiger partial charge in [0.15, 0.2) is 0 Å². The second-order valence-electron chi connectivity index (χ2n) is 5.88. The zero-order valence-electron chi connectivity index (χ0n) is 12.1. The number of ether oxygens (including phenoxy) is 1. The van der Waals surface area contributed by atoms with Crippen LogP contribution in [0, 0.1) is 0 Å². The van der Waals surface area contributed by atoms with Crippen LogP contribution in [0.1, 0.15) is 31.2 Å². The molecule has 0 aromatic heterocycles. The summed E-state index contributed by atoms with van der Waals surface area (Å²) in [6, 6.07) is 7.98. The zero-order valence-corrected chi connectivity index (χ0v) is 13.7. The van der Waals surface area contributed by atoms with Crippen LogP contribution in [0.4, 0.5) is 5.69 Å². The summed E-state index contributed by atoms with van der Waals surface area (Å²) in [5, 5.41) is 3.63. The molecule has 1 saturated carbocycles. The van der Waals surface area contributed by atoms with Gasteiger partial charge in [-0.15, -0.1) is 0 Å². The maximum absolute atomic E-state index is 5.48. The number of nitrogens with zero attached hydrogens (tertiary/aromatic N) is 1. The van der Waals surface area contributed by atoms with E-state index in [9.17, 15) is 0 Å². The van der Waals surface area contributed by atoms with E-state index >= 15 is 0 Å². The fourth-order valence-corrected chi connectivity index (χ4v) is 3.26. The molecule has 2 aliphatic rings. The Morgan fingerprint density at radius 3 is 2.70 bits per heavy atom. The maximum Gasteiger partial charge on any atom is 0.0485 e. The number of rotatable bonds is 5. The first-order valence-electron chi connectivity index (χ1n) is 7.56. The molecule has 0 amide bonds. The van der Waals surface area contributed by atoms with E-state index in [4.69, 9.17) is 4.74 Å². The smallest absolute Gasteiger partial charge is 0.0485 e. The molecule has 0 radical (unpaired) electrons. The van der Waals surface area contributed by atoms with Crippen LogP contribution in [-0.4, -0.2) is 32.3 Å². The van der Waals surface area contributed by atoms with Crippen LogP contribution in [-0.2, 0) is 11.3 Å². The lowest BCUT2D eigenvalue weighted by atomic mass is 10.0. The minimum Gasteiger partial charge on any atom is -0.381 e. The minimum atomic E-state index is 0.601. The number of hydrogen-bond acceptors (Lipinski definition) is 3. The molecule has 1 saturated heterocycles. The van der Waals surface area contributed by atoms with Crippen molar-refractivity contribution in [1.82, 2.24) is 5.32 Å². The molecule has 2 fully saturated rings. The predicted octanol–water partition coefficient (Wildman–Crippen LogP) is 3.32. The van der Waals surface area contributed by atoms with E-state index in [2.05, 4.69) is 51.4 Å². The molecule has 1 heterocycles. The molecule has 3 rings (SSSR count). The van der Waals surface area contributed by atoms with E-state index in [0.29, 0.717) is 6.04 Å². The van der Waals surface area contributed by atoms with E-state index < -0.39 is 0 Å². The van der Waals surface area contributed by atoms with Crippen LogP contribution in [0.5, 0.6) is 0 Å². The van der Waals surface area contributed by atoms with Gasteiger partial charge in [-0.3, -0.25) is 0 Å². The standard InChI is InChI=1S/C16H23BrN2O/c1-19(15-6-8-20-9-7-15)16-5-2-13(17)10-12(16)11-18-14-3-4-14/h2,5,10,14-15,18H,3-4,6-9,11H2,1H3. The van der Waals surface area contributed by atoms with Crippen molar-refractivity contribution in [2.45, 2.75) is 44.3 Å². The molecule has 0 spiro atoms. The van der Waals surface area contributed by atoms with Crippen molar-refractivity contribution >= 4 is 21.6 Å². The number of hydrogen-bond donors (Lipinski definition) is 1. The summed E-state index contributed by atoms with van der Waals surface area (Å²) < 4.78 is 6.64. The molecule has 1 aromatic rings. The fraction of sp³-hybridized carbons (Fsp3) is 0.625. The third kappa shape index (κ3) is 3.54.